The number of piperidine rings is 1. The Bertz CT molecular complexity index is 1130. The number of nitrogens with zero attached hydrogens (tertiary/aromatic N) is 2. The zero-order valence-electron chi connectivity index (χ0n) is 23.6. The van der Waals surface area contributed by atoms with Crippen molar-refractivity contribution < 1.29 is 19.7 Å². The van der Waals surface area contributed by atoms with Crippen molar-refractivity contribution in [3.8, 4) is 16.9 Å². The number of carboxylic acid groups (broad SMARTS) is 1. The summed E-state index contributed by atoms with van der Waals surface area (Å²) in [5.74, 6) is -1.14. The highest BCUT2D eigenvalue weighted by atomic mass is 16.5. The van der Waals surface area contributed by atoms with Gasteiger partial charge < -0.3 is 19.8 Å². The number of aromatic nitrogens is 1. The Morgan fingerprint density at radius 2 is 1.57 bits per heavy atom. The van der Waals surface area contributed by atoms with Gasteiger partial charge >= 0.3 is 5.97 Å². The third kappa shape index (κ3) is 5.09. The van der Waals surface area contributed by atoms with Crippen LogP contribution in [-0.2, 0) is 15.1 Å². The van der Waals surface area contributed by atoms with Crippen LogP contribution in [0, 0.1) is 25.2 Å². The topological polar surface area (TPSA) is 82.9 Å². The summed E-state index contributed by atoms with van der Waals surface area (Å²) in [6.45, 7) is 15.3. The summed E-state index contributed by atoms with van der Waals surface area (Å²) in [6, 6.07) is 7.15. The summed E-state index contributed by atoms with van der Waals surface area (Å²) < 4.78 is 6.58. The minimum atomic E-state index is -1.58. The number of rotatable bonds is 6. The maximum atomic E-state index is 13.3. The number of phenolic OH excluding ortho intramolecular Hbond substituents is 1. The number of anilines is 1. The van der Waals surface area contributed by atoms with Crippen molar-refractivity contribution in [2.24, 2.45) is 11.3 Å². The maximum Gasteiger partial charge on any atom is 0.341 e. The lowest BCUT2D eigenvalue weighted by Gasteiger charge is -2.46. The van der Waals surface area contributed by atoms with Gasteiger partial charge in [-0.3, -0.25) is 4.98 Å². The molecule has 1 unspecified atom stereocenters. The van der Waals surface area contributed by atoms with Gasteiger partial charge in [0.25, 0.3) is 0 Å². The normalized spacial score (nSPS) is 19.4. The van der Waals surface area contributed by atoms with Gasteiger partial charge in [-0.1, -0.05) is 38.8 Å². The molecule has 0 bridgehead atoms. The molecule has 202 valence electrons. The molecule has 6 nitrogen and oxygen atoms in total. The van der Waals surface area contributed by atoms with Crippen molar-refractivity contribution in [1.82, 2.24) is 4.98 Å². The molecule has 1 aromatic carbocycles. The number of aliphatic carboxylic acids is 1. The fourth-order valence-corrected chi connectivity index (χ4v) is 6.73. The number of ether oxygens (including phenoxy) is 1. The molecule has 1 atom stereocenters. The van der Waals surface area contributed by atoms with E-state index in [4.69, 9.17) is 9.72 Å². The number of aromatic hydroxyl groups is 1. The van der Waals surface area contributed by atoms with Gasteiger partial charge in [0.05, 0.1) is 11.3 Å². The van der Waals surface area contributed by atoms with Crippen LogP contribution in [0.4, 0.5) is 5.69 Å². The molecular weight excluding hydrogens is 464 g/mol. The van der Waals surface area contributed by atoms with Gasteiger partial charge in [0.15, 0.2) is 5.60 Å². The highest BCUT2D eigenvalue weighted by Crippen LogP contribution is 2.52. The lowest BCUT2D eigenvalue weighted by molar-refractivity contribution is -0.199. The second-order valence-corrected chi connectivity index (χ2v) is 12.5. The van der Waals surface area contributed by atoms with Crippen LogP contribution in [0.2, 0.25) is 0 Å². The predicted octanol–water partition coefficient (Wildman–Crippen LogP) is 6.98. The van der Waals surface area contributed by atoms with E-state index in [0.717, 1.165) is 48.4 Å². The molecule has 2 N–H and O–H groups in total. The van der Waals surface area contributed by atoms with E-state index in [1.165, 1.54) is 25.7 Å². The number of aryl methyl sites for hydroxylation is 2. The SMILES string of the molecule is Cc1nc(C)c(C(OC(C)(C)C)(C(=O)O)C(C)C)c(N2CCC3(CCCC3)CC2)c1-c1ccc(O)cc1. The van der Waals surface area contributed by atoms with Gasteiger partial charge in [0, 0.05) is 35.6 Å². The minimum absolute atomic E-state index is 0.197. The van der Waals surface area contributed by atoms with Crippen molar-refractivity contribution in [3.05, 3.63) is 41.2 Å². The van der Waals surface area contributed by atoms with Crippen molar-refractivity contribution in [3.63, 3.8) is 0 Å². The van der Waals surface area contributed by atoms with Crippen LogP contribution in [0.3, 0.4) is 0 Å². The van der Waals surface area contributed by atoms with Crippen molar-refractivity contribution >= 4 is 11.7 Å². The molecule has 2 heterocycles. The lowest BCUT2D eigenvalue weighted by atomic mass is 9.75. The first-order valence-electron chi connectivity index (χ1n) is 13.8. The largest absolute Gasteiger partial charge is 0.508 e. The molecular formula is C31H44N2O4. The van der Waals surface area contributed by atoms with Gasteiger partial charge in [0.2, 0.25) is 0 Å². The smallest absolute Gasteiger partial charge is 0.341 e. The Balaban J connectivity index is 2.01. The molecule has 2 fully saturated rings. The quantitative estimate of drug-likeness (QED) is 0.438. The molecule has 1 aromatic heterocycles. The average Bonchev–Trinajstić information content (AvgIpc) is 3.25. The van der Waals surface area contributed by atoms with Gasteiger partial charge in [-0.15, -0.1) is 0 Å². The first-order valence-corrected chi connectivity index (χ1v) is 13.8. The molecule has 1 saturated heterocycles. The summed E-state index contributed by atoms with van der Waals surface area (Å²) in [5.41, 5.74) is 3.11. The second kappa shape index (κ2) is 9.94. The zero-order chi connectivity index (χ0) is 27.2. The summed E-state index contributed by atoms with van der Waals surface area (Å²) in [5, 5.41) is 20.9. The molecule has 0 radical (unpaired) electrons. The van der Waals surface area contributed by atoms with E-state index in [1.807, 2.05) is 60.6 Å². The predicted molar refractivity (Wildman–Crippen MR) is 148 cm³/mol. The monoisotopic (exact) mass is 508 g/mol. The third-order valence-electron chi connectivity index (χ3n) is 8.46. The van der Waals surface area contributed by atoms with E-state index in [1.54, 1.807) is 12.1 Å². The third-order valence-corrected chi connectivity index (χ3v) is 8.46. The van der Waals surface area contributed by atoms with Gasteiger partial charge in [-0.05, 0) is 89.3 Å². The molecule has 0 amide bonds. The van der Waals surface area contributed by atoms with E-state index in [-0.39, 0.29) is 11.7 Å². The van der Waals surface area contributed by atoms with Crippen molar-refractivity contribution in [2.75, 3.05) is 18.0 Å². The Morgan fingerprint density at radius 1 is 1.00 bits per heavy atom. The fourth-order valence-electron chi connectivity index (χ4n) is 6.73. The summed E-state index contributed by atoms with van der Waals surface area (Å²) >= 11 is 0. The summed E-state index contributed by atoms with van der Waals surface area (Å²) in [7, 11) is 0. The molecule has 1 aliphatic carbocycles. The van der Waals surface area contributed by atoms with Crippen LogP contribution in [0.1, 0.15) is 90.1 Å². The Morgan fingerprint density at radius 3 is 2.05 bits per heavy atom. The van der Waals surface area contributed by atoms with Crippen LogP contribution in [-0.4, -0.2) is 39.9 Å². The van der Waals surface area contributed by atoms with E-state index in [2.05, 4.69) is 4.90 Å². The molecule has 2 aliphatic rings. The van der Waals surface area contributed by atoms with E-state index in [9.17, 15) is 15.0 Å². The zero-order valence-corrected chi connectivity index (χ0v) is 23.6. The van der Waals surface area contributed by atoms with Gasteiger partial charge in [-0.2, -0.15) is 0 Å². The number of phenols is 1. The van der Waals surface area contributed by atoms with Crippen LogP contribution >= 0.6 is 0 Å². The van der Waals surface area contributed by atoms with Crippen LogP contribution in [0.5, 0.6) is 5.75 Å². The highest BCUT2D eigenvalue weighted by Gasteiger charge is 2.52. The number of carbonyl (C=O) groups is 1. The fraction of sp³-hybridized carbons (Fsp3) is 0.613. The first-order chi connectivity index (χ1) is 17.3. The van der Waals surface area contributed by atoms with Crippen LogP contribution in [0.25, 0.3) is 11.1 Å². The van der Waals surface area contributed by atoms with Crippen molar-refractivity contribution in [1.29, 1.82) is 0 Å². The number of hydrogen-bond acceptors (Lipinski definition) is 5. The Hall–Kier alpha value is -2.60. The molecule has 6 heteroatoms. The lowest BCUT2D eigenvalue weighted by Crippen LogP contribution is -2.50. The van der Waals surface area contributed by atoms with E-state index >= 15 is 0 Å². The van der Waals surface area contributed by atoms with E-state index < -0.39 is 17.2 Å². The highest BCUT2D eigenvalue weighted by molar-refractivity contribution is 5.90. The molecule has 1 spiro atoms. The summed E-state index contributed by atoms with van der Waals surface area (Å²) in [6.07, 6.45) is 7.45. The average molecular weight is 509 g/mol. The van der Waals surface area contributed by atoms with Crippen molar-refractivity contribution in [2.45, 2.75) is 98.2 Å². The molecule has 4 rings (SSSR count). The van der Waals surface area contributed by atoms with E-state index in [0.29, 0.717) is 16.7 Å². The first kappa shape index (κ1) is 27.4. The maximum absolute atomic E-state index is 13.3. The standard InChI is InChI=1S/C31H44N2O4/c1-20(2)31(28(35)36,37-29(5,6)7)26-22(4)32-21(3)25(23-10-12-24(34)13-11-23)27(26)33-18-16-30(17-19-33)14-8-9-15-30/h10-13,20,34H,8-9,14-19H2,1-7H3,(H,35,36). The van der Waals surface area contributed by atoms with Crippen LogP contribution in [0.15, 0.2) is 24.3 Å². The molecule has 2 aromatic rings. The number of carboxylic acids is 1. The second-order valence-electron chi connectivity index (χ2n) is 12.5. The van der Waals surface area contributed by atoms with Crippen LogP contribution < -0.4 is 4.90 Å². The number of benzene rings is 1. The van der Waals surface area contributed by atoms with Gasteiger partial charge in [-0.25, -0.2) is 4.79 Å². The molecule has 37 heavy (non-hydrogen) atoms. The minimum Gasteiger partial charge on any atom is -0.508 e. The Labute approximate surface area is 222 Å². The number of hydrogen-bond donors (Lipinski definition) is 2. The summed E-state index contributed by atoms with van der Waals surface area (Å²) in [4.78, 5) is 20.6. The Kier molecular flexibility index (Phi) is 7.37. The van der Waals surface area contributed by atoms with Gasteiger partial charge in [0.1, 0.15) is 5.75 Å². The number of pyridine rings is 1. The molecule has 1 saturated carbocycles. The molecule has 1 aliphatic heterocycles.